The highest BCUT2D eigenvalue weighted by atomic mass is 16.5. The van der Waals surface area contributed by atoms with Crippen LogP contribution in [-0.4, -0.2) is 11.0 Å². The zero-order valence-electron chi connectivity index (χ0n) is 13.3. The Morgan fingerprint density at radius 3 is 1.96 bits per heavy atom. The number of ether oxygens (including phenoxy) is 1. The Morgan fingerprint density at radius 1 is 0.880 bits per heavy atom. The third kappa shape index (κ3) is 3.80. The lowest BCUT2D eigenvalue weighted by Gasteiger charge is -2.11. The standard InChI is InChI=1S/C21H14N2O2/c22-14-19(21(24)25-18-12-7-13-23-15-18)20(16-8-3-1-4-9-16)17-10-5-2-6-11-17/h1-13,15H. The number of hydrogen-bond acceptors (Lipinski definition) is 4. The number of nitrogens with zero attached hydrogens (tertiary/aromatic N) is 2. The van der Waals surface area contributed by atoms with Gasteiger partial charge in [-0.05, 0) is 23.3 Å². The molecule has 0 aliphatic heterocycles. The summed E-state index contributed by atoms with van der Waals surface area (Å²) in [5.74, 6) is -0.418. The summed E-state index contributed by atoms with van der Waals surface area (Å²) in [6.07, 6.45) is 3.01. The molecule has 3 rings (SSSR count). The van der Waals surface area contributed by atoms with Crippen LogP contribution in [0.15, 0.2) is 90.8 Å². The van der Waals surface area contributed by atoms with Crippen LogP contribution in [0.3, 0.4) is 0 Å². The lowest BCUT2D eigenvalue weighted by atomic mass is 9.93. The molecule has 3 aromatic rings. The molecule has 0 N–H and O–H groups in total. The smallest absolute Gasteiger partial charge is 0.355 e. The Hall–Kier alpha value is -3.71. The quantitative estimate of drug-likeness (QED) is 0.413. The number of rotatable bonds is 4. The molecule has 0 bridgehead atoms. The van der Waals surface area contributed by atoms with E-state index in [9.17, 15) is 10.1 Å². The van der Waals surface area contributed by atoms with Crippen molar-refractivity contribution in [1.82, 2.24) is 4.98 Å². The molecule has 0 fully saturated rings. The molecule has 2 aromatic carbocycles. The van der Waals surface area contributed by atoms with Gasteiger partial charge in [-0.25, -0.2) is 4.79 Å². The fourth-order valence-corrected chi connectivity index (χ4v) is 2.43. The van der Waals surface area contributed by atoms with E-state index in [4.69, 9.17) is 4.74 Å². The molecule has 0 saturated carbocycles. The third-order valence-electron chi connectivity index (χ3n) is 3.54. The highest BCUT2D eigenvalue weighted by Crippen LogP contribution is 2.27. The lowest BCUT2D eigenvalue weighted by Crippen LogP contribution is -2.13. The van der Waals surface area contributed by atoms with Crippen LogP contribution in [0.2, 0.25) is 0 Å². The van der Waals surface area contributed by atoms with Gasteiger partial charge >= 0.3 is 5.97 Å². The molecule has 0 amide bonds. The summed E-state index contributed by atoms with van der Waals surface area (Å²) in [5.41, 5.74) is 2.03. The van der Waals surface area contributed by atoms with Crippen LogP contribution in [-0.2, 0) is 4.79 Å². The number of pyridine rings is 1. The van der Waals surface area contributed by atoms with Crippen molar-refractivity contribution in [1.29, 1.82) is 5.26 Å². The molecule has 4 nitrogen and oxygen atoms in total. The molecule has 1 heterocycles. The number of carbonyl (C=O) groups excluding carboxylic acids is 1. The summed E-state index contributed by atoms with van der Waals surface area (Å²) in [7, 11) is 0. The minimum atomic E-state index is -0.710. The van der Waals surface area contributed by atoms with Gasteiger partial charge in [0.05, 0.1) is 6.20 Å². The van der Waals surface area contributed by atoms with Crippen molar-refractivity contribution < 1.29 is 9.53 Å². The first-order chi connectivity index (χ1) is 12.3. The molecule has 0 radical (unpaired) electrons. The van der Waals surface area contributed by atoms with E-state index >= 15 is 0 Å². The van der Waals surface area contributed by atoms with Gasteiger partial charge in [0, 0.05) is 11.8 Å². The van der Waals surface area contributed by atoms with Gasteiger partial charge in [0.2, 0.25) is 0 Å². The number of aromatic nitrogens is 1. The maximum Gasteiger partial charge on any atom is 0.355 e. The number of hydrogen-bond donors (Lipinski definition) is 0. The summed E-state index contributed by atoms with van der Waals surface area (Å²) in [6.45, 7) is 0. The summed E-state index contributed by atoms with van der Waals surface area (Å²) in [6, 6.07) is 23.9. The zero-order valence-corrected chi connectivity index (χ0v) is 13.3. The topological polar surface area (TPSA) is 63.0 Å². The van der Waals surface area contributed by atoms with Gasteiger partial charge in [-0.2, -0.15) is 5.26 Å². The SMILES string of the molecule is N#CC(C(=O)Oc1cccnc1)=C(c1ccccc1)c1ccccc1. The van der Waals surface area contributed by atoms with E-state index in [1.54, 1.807) is 18.3 Å². The molecule has 0 aliphatic rings. The Balaban J connectivity index is 2.10. The van der Waals surface area contributed by atoms with E-state index in [-0.39, 0.29) is 5.57 Å². The molecule has 0 unspecified atom stereocenters. The molecule has 120 valence electrons. The van der Waals surface area contributed by atoms with Gasteiger partial charge in [0.25, 0.3) is 0 Å². The van der Waals surface area contributed by atoms with Gasteiger partial charge in [-0.3, -0.25) is 4.98 Å². The van der Waals surface area contributed by atoms with Crippen molar-refractivity contribution in [2.24, 2.45) is 0 Å². The summed E-state index contributed by atoms with van der Waals surface area (Å²) < 4.78 is 5.31. The molecule has 0 atom stereocenters. The van der Waals surface area contributed by atoms with Crippen LogP contribution < -0.4 is 4.74 Å². The van der Waals surface area contributed by atoms with Crippen molar-refractivity contribution >= 4 is 11.5 Å². The Kier molecular flexibility index (Phi) is 4.98. The second kappa shape index (κ2) is 7.71. The number of carbonyl (C=O) groups is 1. The van der Waals surface area contributed by atoms with Gasteiger partial charge in [-0.15, -0.1) is 0 Å². The second-order valence-corrected chi connectivity index (χ2v) is 5.17. The second-order valence-electron chi connectivity index (χ2n) is 5.17. The molecular formula is C21H14N2O2. The maximum absolute atomic E-state index is 12.6. The minimum absolute atomic E-state index is 0.0544. The molecule has 1 aromatic heterocycles. The van der Waals surface area contributed by atoms with Gasteiger partial charge in [0.15, 0.2) is 0 Å². The van der Waals surface area contributed by atoms with Crippen LogP contribution in [0, 0.1) is 11.3 Å². The van der Waals surface area contributed by atoms with Crippen LogP contribution in [0.25, 0.3) is 5.57 Å². The van der Waals surface area contributed by atoms with Crippen molar-refractivity contribution in [2.45, 2.75) is 0 Å². The van der Waals surface area contributed by atoms with E-state index < -0.39 is 5.97 Å². The summed E-state index contributed by atoms with van der Waals surface area (Å²) in [4.78, 5) is 16.5. The fourth-order valence-electron chi connectivity index (χ4n) is 2.43. The zero-order chi connectivity index (χ0) is 17.5. The Morgan fingerprint density at radius 2 is 1.48 bits per heavy atom. The third-order valence-corrected chi connectivity index (χ3v) is 3.54. The normalized spacial score (nSPS) is 9.72. The van der Waals surface area contributed by atoms with Crippen molar-refractivity contribution in [2.75, 3.05) is 0 Å². The Labute approximate surface area is 145 Å². The van der Waals surface area contributed by atoms with Crippen molar-refractivity contribution in [3.05, 3.63) is 102 Å². The van der Waals surface area contributed by atoms with E-state index in [1.807, 2.05) is 66.7 Å². The minimum Gasteiger partial charge on any atom is -0.421 e. The van der Waals surface area contributed by atoms with E-state index in [2.05, 4.69) is 4.98 Å². The number of benzene rings is 2. The highest BCUT2D eigenvalue weighted by molar-refractivity contribution is 6.06. The predicted octanol–water partition coefficient (Wildman–Crippen LogP) is 4.01. The predicted molar refractivity (Wildman–Crippen MR) is 94.4 cm³/mol. The number of esters is 1. The van der Waals surface area contributed by atoms with Crippen LogP contribution >= 0.6 is 0 Å². The van der Waals surface area contributed by atoms with E-state index in [0.29, 0.717) is 11.3 Å². The first kappa shape index (κ1) is 16.2. The van der Waals surface area contributed by atoms with Gasteiger partial charge in [0.1, 0.15) is 17.4 Å². The Bertz CT molecular complexity index is 886. The summed E-state index contributed by atoms with van der Waals surface area (Å²) in [5, 5.41) is 9.64. The van der Waals surface area contributed by atoms with Crippen molar-refractivity contribution in [3.63, 3.8) is 0 Å². The molecule has 25 heavy (non-hydrogen) atoms. The molecule has 0 aliphatic carbocycles. The van der Waals surface area contributed by atoms with Crippen LogP contribution in [0.1, 0.15) is 11.1 Å². The van der Waals surface area contributed by atoms with E-state index in [0.717, 1.165) is 11.1 Å². The highest BCUT2D eigenvalue weighted by Gasteiger charge is 2.20. The average molecular weight is 326 g/mol. The van der Waals surface area contributed by atoms with Crippen LogP contribution in [0.5, 0.6) is 5.75 Å². The molecule has 0 spiro atoms. The molecule has 4 heteroatoms. The first-order valence-electron chi connectivity index (χ1n) is 7.67. The van der Waals surface area contributed by atoms with Gasteiger partial charge < -0.3 is 4.74 Å². The van der Waals surface area contributed by atoms with Crippen molar-refractivity contribution in [3.8, 4) is 11.8 Å². The monoisotopic (exact) mass is 326 g/mol. The van der Waals surface area contributed by atoms with E-state index in [1.165, 1.54) is 6.20 Å². The largest absolute Gasteiger partial charge is 0.421 e. The fraction of sp³-hybridized carbons (Fsp3) is 0. The average Bonchev–Trinajstić information content (AvgIpc) is 2.68. The molecule has 0 saturated heterocycles. The maximum atomic E-state index is 12.6. The number of nitriles is 1. The molecular weight excluding hydrogens is 312 g/mol. The van der Waals surface area contributed by atoms with Gasteiger partial charge in [-0.1, -0.05) is 60.7 Å². The first-order valence-corrected chi connectivity index (χ1v) is 7.67. The lowest BCUT2D eigenvalue weighted by molar-refractivity contribution is -0.129. The van der Waals surface area contributed by atoms with Crippen LogP contribution in [0.4, 0.5) is 0 Å². The summed E-state index contributed by atoms with van der Waals surface area (Å²) >= 11 is 0.